The number of carboxylic acid groups (broad SMARTS) is 1. The largest absolute Gasteiger partial charge is 0.477 e. The van der Waals surface area contributed by atoms with Gasteiger partial charge < -0.3 is 10.4 Å². The van der Waals surface area contributed by atoms with Crippen molar-refractivity contribution < 1.29 is 9.90 Å². The van der Waals surface area contributed by atoms with E-state index in [1.165, 1.54) is 12.3 Å². The van der Waals surface area contributed by atoms with Crippen LogP contribution in [0.4, 0.5) is 5.95 Å². The van der Waals surface area contributed by atoms with Gasteiger partial charge in [-0.2, -0.15) is 0 Å². The molecule has 92 valence electrons. The van der Waals surface area contributed by atoms with Gasteiger partial charge in [-0.1, -0.05) is 0 Å². The number of aromatic carboxylic acids is 1. The monoisotopic (exact) mass is 244 g/mol. The molecule has 2 aromatic rings. The Kier molecular flexibility index (Phi) is 3.47. The Hall–Kier alpha value is -2.50. The molecule has 6 heteroatoms. The van der Waals surface area contributed by atoms with Crippen molar-refractivity contribution in [1.82, 2.24) is 15.0 Å². The average molecular weight is 244 g/mol. The molecule has 2 N–H and O–H groups in total. The van der Waals surface area contributed by atoms with Crippen LogP contribution in [-0.4, -0.2) is 26.0 Å². The quantitative estimate of drug-likeness (QED) is 0.847. The molecule has 0 aliphatic carbocycles. The van der Waals surface area contributed by atoms with Gasteiger partial charge in [-0.25, -0.2) is 14.8 Å². The summed E-state index contributed by atoms with van der Waals surface area (Å²) in [7, 11) is 0. The highest BCUT2D eigenvalue weighted by atomic mass is 16.4. The first-order chi connectivity index (χ1) is 8.66. The summed E-state index contributed by atoms with van der Waals surface area (Å²) in [5.41, 5.74) is 2.09. The topological polar surface area (TPSA) is 88.0 Å². The fourth-order valence-electron chi connectivity index (χ4n) is 1.42. The molecule has 2 aromatic heterocycles. The Morgan fingerprint density at radius 3 is 2.94 bits per heavy atom. The Labute approximate surface area is 104 Å². The van der Waals surface area contributed by atoms with Crippen LogP contribution in [0.3, 0.4) is 0 Å². The Morgan fingerprint density at radius 1 is 1.39 bits per heavy atom. The molecule has 0 spiro atoms. The third-order valence-electron chi connectivity index (χ3n) is 2.46. The summed E-state index contributed by atoms with van der Waals surface area (Å²) in [5.74, 6) is -0.781. The minimum Gasteiger partial charge on any atom is -0.477 e. The van der Waals surface area contributed by atoms with E-state index < -0.39 is 5.97 Å². The van der Waals surface area contributed by atoms with Crippen LogP contribution in [0.25, 0.3) is 0 Å². The minimum absolute atomic E-state index is 0.0320. The lowest BCUT2D eigenvalue weighted by atomic mass is 10.2. The van der Waals surface area contributed by atoms with Crippen LogP contribution >= 0.6 is 0 Å². The summed E-state index contributed by atoms with van der Waals surface area (Å²) in [6.07, 6.45) is 4.89. The van der Waals surface area contributed by atoms with Gasteiger partial charge in [0.1, 0.15) is 0 Å². The number of rotatable bonds is 4. The zero-order chi connectivity index (χ0) is 13.0. The highest BCUT2D eigenvalue weighted by Gasteiger charge is 2.06. The molecule has 0 atom stereocenters. The molecule has 0 unspecified atom stereocenters. The van der Waals surface area contributed by atoms with Crippen LogP contribution in [0.5, 0.6) is 0 Å². The lowest BCUT2D eigenvalue weighted by molar-refractivity contribution is 0.0690. The highest BCUT2D eigenvalue weighted by Crippen LogP contribution is 2.07. The molecular formula is C12H12N4O2. The van der Waals surface area contributed by atoms with Crippen LogP contribution in [-0.2, 0) is 6.54 Å². The summed E-state index contributed by atoms with van der Waals surface area (Å²) >= 11 is 0. The van der Waals surface area contributed by atoms with E-state index in [9.17, 15) is 4.79 Å². The van der Waals surface area contributed by atoms with Crippen molar-refractivity contribution in [2.24, 2.45) is 0 Å². The van der Waals surface area contributed by atoms with E-state index in [4.69, 9.17) is 5.11 Å². The van der Waals surface area contributed by atoms with Crippen LogP contribution in [0.15, 0.2) is 30.7 Å². The van der Waals surface area contributed by atoms with Crippen molar-refractivity contribution >= 4 is 11.9 Å². The van der Waals surface area contributed by atoms with E-state index in [-0.39, 0.29) is 11.6 Å². The molecule has 0 aliphatic rings. The second-order valence-electron chi connectivity index (χ2n) is 3.73. The smallest absolute Gasteiger partial charge is 0.354 e. The van der Waals surface area contributed by atoms with Crippen molar-refractivity contribution in [3.63, 3.8) is 0 Å². The van der Waals surface area contributed by atoms with Crippen molar-refractivity contribution in [2.75, 3.05) is 5.32 Å². The summed E-state index contributed by atoms with van der Waals surface area (Å²) in [6, 6.07) is 3.26. The summed E-state index contributed by atoms with van der Waals surface area (Å²) in [4.78, 5) is 22.6. The standard InChI is InChI=1S/C12H12N4O2/c1-8-2-4-13-6-9(8)7-15-12-14-5-3-10(16-12)11(17)18/h2-6H,7H2,1H3,(H,17,18)(H,14,15,16). The van der Waals surface area contributed by atoms with Crippen molar-refractivity contribution in [2.45, 2.75) is 13.5 Å². The second-order valence-corrected chi connectivity index (χ2v) is 3.73. The number of carbonyl (C=O) groups is 1. The Morgan fingerprint density at radius 2 is 2.22 bits per heavy atom. The van der Waals surface area contributed by atoms with Crippen LogP contribution < -0.4 is 5.32 Å². The normalized spacial score (nSPS) is 10.1. The molecule has 6 nitrogen and oxygen atoms in total. The van der Waals surface area contributed by atoms with Crippen molar-refractivity contribution in [1.29, 1.82) is 0 Å². The maximum atomic E-state index is 10.8. The Balaban J connectivity index is 2.09. The molecule has 2 heterocycles. The van der Waals surface area contributed by atoms with Crippen molar-refractivity contribution in [3.05, 3.63) is 47.5 Å². The van der Waals surface area contributed by atoms with Gasteiger partial charge in [-0.15, -0.1) is 0 Å². The highest BCUT2D eigenvalue weighted by molar-refractivity contribution is 5.85. The van der Waals surface area contributed by atoms with Crippen LogP contribution in [0.2, 0.25) is 0 Å². The molecule has 0 radical (unpaired) electrons. The maximum absolute atomic E-state index is 10.8. The number of carboxylic acids is 1. The molecule has 0 aliphatic heterocycles. The number of anilines is 1. The first-order valence-electron chi connectivity index (χ1n) is 5.36. The fourth-order valence-corrected chi connectivity index (χ4v) is 1.42. The van der Waals surface area contributed by atoms with Crippen LogP contribution in [0.1, 0.15) is 21.6 Å². The molecule has 2 rings (SSSR count). The summed E-state index contributed by atoms with van der Waals surface area (Å²) in [5, 5.41) is 11.8. The lowest BCUT2D eigenvalue weighted by Gasteiger charge is -2.07. The van der Waals surface area contributed by atoms with Gasteiger partial charge in [0, 0.05) is 25.1 Å². The van der Waals surface area contributed by atoms with E-state index in [2.05, 4.69) is 20.3 Å². The molecule has 0 amide bonds. The van der Waals surface area contributed by atoms with Gasteiger partial charge in [0.05, 0.1) is 0 Å². The molecule has 0 fully saturated rings. The number of hydrogen-bond acceptors (Lipinski definition) is 5. The van der Waals surface area contributed by atoms with Crippen molar-refractivity contribution in [3.8, 4) is 0 Å². The summed E-state index contributed by atoms with van der Waals surface area (Å²) < 4.78 is 0. The SMILES string of the molecule is Cc1ccncc1CNc1nccc(C(=O)O)n1. The summed E-state index contributed by atoms with van der Waals surface area (Å²) in [6.45, 7) is 2.48. The average Bonchev–Trinajstić information content (AvgIpc) is 2.38. The van der Waals surface area contributed by atoms with E-state index in [0.717, 1.165) is 11.1 Å². The molecule has 0 bridgehead atoms. The number of hydrogen-bond donors (Lipinski definition) is 2. The van der Waals surface area contributed by atoms with E-state index in [0.29, 0.717) is 6.54 Å². The minimum atomic E-state index is -1.07. The van der Waals surface area contributed by atoms with Gasteiger partial charge in [0.25, 0.3) is 0 Å². The number of aryl methyl sites for hydroxylation is 1. The molecular weight excluding hydrogens is 232 g/mol. The van der Waals surface area contributed by atoms with Gasteiger partial charge in [-0.3, -0.25) is 4.98 Å². The predicted molar refractivity (Wildman–Crippen MR) is 65.3 cm³/mol. The van der Waals surface area contributed by atoms with Gasteiger partial charge >= 0.3 is 5.97 Å². The third-order valence-corrected chi connectivity index (χ3v) is 2.46. The number of aromatic nitrogens is 3. The third kappa shape index (κ3) is 2.79. The lowest BCUT2D eigenvalue weighted by Crippen LogP contribution is -2.08. The number of pyridine rings is 1. The maximum Gasteiger partial charge on any atom is 0.354 e. The second kappa shape index (κ2) is 5.22. The first kappa shape index (κ1) is 12.0. The molecule has 0 saturated carbocycles. The van der Waals surface area contributed by atoms with E-state index in [1.54, 1.807) is 12.4 Å². The van der Waals surface area contributed by atoms with Crippen LogP contribution in [0, 0.1) is 6.92 Å². The van der Waals surface area contributed by atoms with Gasteiger partial charge in [-0.05, 0) is 30.2 Å². The van der Waals surface area contributed by atoms with Gasteiger partial charge in [0.15, 0.2) is 5.69 Å². The van der Waals surface area contributed by atoms with E-state index in [1.807, 2.05) is 13.0 Å². The first-order valence-corrected chi connectivity index (χ1v) is 5.36. The van der Waals surface area contributed by atoms with E-state index >= 15 is 0 Å². The zero-order valence-electron chi connectivity index (χ0n) is 9.79. The molecule has 0 saturated heterocycles. The fraction of sp³-hybridized carbons (Fsp3) is 0.167. The number of nitrogens with one attached hydrogen (secondary N) is 1. The molecule has 18 heavy (non-hydrogen) atoms. The zero-order valence-corrected chi connectivity index (χ0v) is 9.79. The Bertz CT molecular complexity index is 572. The van der Waals surface area contributed by atoms with Gasteiger partial charge in [0.2, 0.25) is 5.95 Å². The molecule has 0 aromatic carbocycles. The number of nitrogens with zero attached hydrogens (tertiary/aromatic N) is 3. The predicted octanol–water partition coefficient (Wildman–Crippen LogP) is 1.49.